The molecule has 0 saturated carbocycles. The second-order valence-electron chi connectivity index (χ2n) is 4.40. The second-order valence-corrected chi connectivity index (χ2v) is 4.40. The highest BCUT2D eigenvalue weighted by Gasteiger charge is 2.10. The van der Waals surface area contributed by atoms with Gasteiger partial charge in [-0.1, -0.05) is 13.3 Å². The van der Waals surface area contributed by atoms with Crippen LogP contribution in [0.2, 0.25) is 0 Å². The fourth-order valence-corrected chi connectivity index (χ4v) is 1.66. The molecule has 0 spiro atoms. The highest BCUT2D eigenvalue weighted by molar-refractivity contribution is 5.95. The lowest BCUT2D eigenvalue weighted by Gasteiger charge is -2.12. The number of nitrogens with one attached hydrogen (secondary N) is 1. The van der Waals surface area contributed by atoms with Gasteiger partial charge < -0.3 is 11.1 Å². The molecule has 1 rings (SSSR count). The van der Waals surface area contributed by atoms with Crippen molar-refractivity contribution < 1.29 is 9.59 Å². The van der Waals surface area contributed by atoms with Gasteiger partial charge in [-0.3, -0.25) is 9.59 Å². The van der Waals surface area contributed by atoms with Crippen LogP contribution in [0.25, 0.3) is 0 Å². The zero-order valence-corrected chi connectivity index (χ0v) is 10.9. The van der Waals surface area contributed by atoms with Crippen LogP contribution in [-0.2, 0) is 4.79 Å². The van der Waals surface area contributed by atoms with E-state index in [9.17, 15) is 9.59 Å². The van der Waals surface area contributed by atoms with Crippen molar-refractivity contribution in [3.8, 4) is 0 Å². The molecule has 0 aromatic heterocycles. The normalized spacial score (nSPS) is 11.9. The molecule has 0 heterocycles. The maximum absolute atomic E-state index is 11.7. The maximum Gasteiger partial charge on any atom is 0.224 e. The quantitative estimate of drug-likeness (QED) is 0.758. The molecule has 0 radical (unpaired) electrons. The van der Waals surface area contributed by atoms with E-state index in [1.54, 1.807) is 24.3 Å². The van der Waals surface area contributed by atoms with Gasteiger partial charge in [0.25, 0.3) is 0 Å². The Hall–Kier alpha value is -1.68. The van der Waals surface area contributed by atoms with Gasteiger partial charge in [-0.05, 0) is 43.7 Å². The van der Waals surface area contributed by atoms with Gasteiger partial charge in [0.2, 0.25) is 5.91 Å². The Morgan fingerprint density at radius 3 is 2.33 bits per heavy atom. The second kappa shape index (κ2) is 6.91. The minimum Gasteiger partial charge on any atom is -0.330 e. The highest BCUT2D eigenvalue weighted by Crippen LogP contribution is 2.12. The average Bonchev–Trinajstić information content (AvgIpc) is 2.36. The lowest BCUT2D eigenvalue weighted by molar-refractivity contribution is -0.117. The summed E-state index contributed by atoms with van der Waals surface area (Å²) in [5.74, 6) is 0.200. The topological polar surface area (TPSA) is 72.2 Å². The predicted octanol–water partition coefficient (Wildman–Crippen LogP) is 2.20. The number of hydrogen-bond donors (Lipinski definition) is 2. The van der Waals surface area contributed by atoms with E-state index in [-0.39, 0.29) is 17.6 Å². The lowest BCUT2D eigenvalue weighted by Crippen LogP contribution is -2.21. The van der Waals surface area contributed by atoms with Crippen molar-refractivity contribution >= 4 is 17.4 Å². The molecule has 0 aliphatic carbocycles. The summed E-state index contributed by atoms with van der Waals surface area (Å²) < 4.78 is 0. The van der Waals surface area contributed by atoms with E-state index in [1.807, 2.05) is 6.92 Å². The molecule has 1 aromatic carbocycles. The zero-order valence-electron chi connectivity index (χ0n) is 10.9. The Labute approximate surface area is 108 Å². The number of Topliss-reactive ketones (excluding diaryl/α,β-unsaturated/α-hetero) is 1. The van der Waals surface area contributed by atoms with Crippen molar-refractivity contribution in [2.75, 3.05) is 11.9 Å². The van der Waals surface area contributed by atoms with Gasteiger partial charge in [0, 0.05) is 17.7 Å². The SMILES string of the molecule is CCC(CN)CC(=O)Nc1ccc(C(C)=O)cc1. The number of rotatable bonds is 6. The first kappa shape index (κ1) is 14.4. The molecular formula is C14H20N2O2. The van der Waals surface area contributed by atoms with Crippen molar-refractivity contribution in [2.24, 2.45) is 11.7 Å². The number of anilines is 1. The molecule has 4 nitrogen and oxygen atoms in total. The van der Waals surface area contributed by atoms with Crippen molar-refractivity contribution in [2.45, 2.75) is 26.7 Å². The van der Waals surface area contributed by atoms with Crippen LogP contribution in [0.15, 0.2) is 24.3 Å². The van der Waals surface area contributed by atoms with E-state index in [2.05, 4.69) is 5.32 Å². The molecule has 1 unspecified atom stereocenters. The molecule has 18 heavy (non-hydrogen) atoms. The van der Waals surface area contributed by atoms with Crippen molar-refractivity contribution in [3.05, 3.63) is 29.8 Å². The molecule has 0 aliphatic heterocycles. The molecule has 1 atom stereocenters. The van der Waals surface area contributed by atoms with Gasteiger partial charge >= 0.3 is 0 Å². The van der Waals surface area contributed by atoms with E-state index < -0.39 is 0 Å². The number of ketones is 1. The van der Waals surface area contributed by atoms with Crippen LogP contribution in [0.4, 0.5) is 5.69 Å². The smallest absolute Gasteiger partial charge is 0.224 e. The first-order chi connectivity index (χ1) is 8.56. The molecule has 0 fully saturated rings. The summed E-state index contributed by atoms with van der Waals surface area (Å²) in [6, 6.07) is 6.88. The fourth-order valence-electron chi connectivity index (χ4n) is 1.66. The Bertz CT molecular complexity index is 408. The first-order valence-electron chi connectivity index (χ1n) is 6.17. The molecule has 3 N–H and O–H groups in total. The van der Waals surface area contributed by atoms with Gasteiger partial charge in [0.15, 0.2) is 5.78 Å². The molecule has 0 aliphatic rings. The summed E-state index contributed by atoms with van der Waals surface area (Å²) in [6.45, 7) is 4.06. The van der Waals surface area contributed by atoms with Gasteiger partial charge in [0.05, 0.1) is 0 Å². The number of benzene rings is 1. The minimum absolute atomic E-state index is 0.0158. The molecule has 0 bridgehead atoms. The lowest BCUT2D eigenvalue weighted by atomic mass is 10.0. The molecule has 4 heteroatoms. The molecule has 1 amide bonds. The largest absolute Gasteiger partial charge is 0.330 e. The van der Waals surface area contributed by atoms with Gasteiger partial charge in [-0.15, -0.1) is 0 Å². The number of amides is 1. The third kappa shape index (κ3) is 4.30. The molecule has 1 aromatic rings. The Kier molecular flexibility index (Phi) is 5.52. The van der Waals surface area contributed by atoms with E-state index in [1.165, 1.54) is 6.92 Å². The standard InChI is InChI=1S/C14H20N2O2/c1-3-11(9-15)8-14(18)16-13-6-4-12(5-7-13)10(2)17/h4-7,11H,3,8-9,15H2,1-2H3,(H,16,18). The summed E-state index contributed by atoms with van der Waals surface area (Å²) in [6.07, 6.45) is 1.33. The third-order valence-corrected chi connectivity index (χ3v) is 2.96. The highest BCUT2D eigenvalue weighted by atomic mass is 16.1. The Morgan fingerprint density at radius 2 is 1.89 bits per heavy atom. The van der Waals surface area contributed by atoms with Crippen LogP contribution >= 0.6 is 0 Å². The number of carbonyl (C=O) groups excluding carboxylic acids is 2. The minimum atomic E-state index is -0.0390. The van der Waals surface area contributed by atoms with Crippen LogP contribution in [0.3, 0.4) is 0 Å². The average molecular weight is 248 g/mol. The molecule has 98 valence electrons. The van der Waals surface area contributed by atoms with Crippen molar-refractivity contribution in [1.29, 1.82) is 0 Å². The first-order valence-corrected chi connectivity index (χ1v) is 6.17. The van der Waals surface area contributed by atoms with Crippen LogP contribution in [0.1, 0.15) is 37.0 Å². The van der Waals surface area contributed by atoms with Crippen LogP contribution < -0.4 is 11.1 Å². The Morgan fingerprint density at radius 1 is 1.28 bits per heavy atom. The van der Waals surface area contributed by atoms with Crippen molar-refractivity contribution in [3.63, 3.8) is 0 Å². The summed E-state index contributed by atoms with van der Waals surface area (Å²) >= 11 is 0. The van der Waals surface area contributed by atoms with Gasteiger partial charge in [0.1, 0.15) is 0 Å². The van der Waals surface area contributed by atoms with Crippen LogP contribution in [0.5, 0.6) is 0 Å². The molecular weight excluding hydrogens is 228 g/mol. The van der Waals surface area contributed by atoms with E-state index in [4.69, 9.17) is 5.73 Å². The van der Waals surface area contributed by atoms with E-state index in [0.29, 0.717) is 24.2 Å². The summed E-state index contributed by atoms with van der Waals surface area (Å²) in [5, 5.41) is 2.80. The van der Waals surface area contributed by atoms with E-state index in [0.717, 1.165) is 6.42 Å². The zero-order chi connectivity index (χ0) is 13.5. The van der Waals surface area contributed by atoms with E-state index >= 15 is 0 Å². The number of nitrogens with two attached hydrogens (primary N) is 1. The maximum atomic E-state index is 11.7. The number of carbonyl (C=O) groups is 2. The summed E-state index contributed by atoms with van der Waals surface area (Å²) in [5.41, 5.74) is 6.91. The summed E-state index contributed by atoms with van der Waals surface area (Å²) in [7, 11) is 0. The third-order valence-electron chi connectivity index (χ3n) is 2.96. The van der Waals surface area contributed by atoms with Crippen LogP contribution in [-0.4, -0.2) is 18.2 Å². The molecule has 0 saturated heterocycles. The fraction of sp³-hybridized carbons (Fsp3) is 0.429. The van der Waals surface area contributed by atoms with Crippen molar-refractivity contribution in [1.82, 2.24) is 0 Å². The monoisotopic (exact) mass is 248 g/mol. The Balaban J connectivity index is 2.56. The number of hydrogen-bond acceptors (Lipinski definition) is 3. The predicted molar refractivity (Wildman–Crippen MR) is 72.5 cm³/mol. The van der Waals surface area contributed by atoms with Gasteiger partial charge in [-0.2, -0.15) is 0 Å². The summed E-state index contributed by atoms with van der Waals surface area (Å²) in [4.78, 5) is 22.8. The van der Waals surface area contributed by atoms with Gasteiger partial charge in [-0.25, -0.2) is 0 Å². The van der Waals surface area contributed by atoms with Crippen LogP contribution in [0, 0.1) is 5.92 Å².